The zero-order valence-electron chi connectivity index (χ0n) is 9.88. The van der Waals surface area contributed by atoms with Gasteiger partial charge in [-0.3, -0.25) is 4.79 Å². The standard InChI is InChI=1S/C11H18O4/c1-6-15-10(14)8(7(2)12)9(13)11(3,4)5/h13H,6H2,1-5H3/b9-8+. The van der Waals surface area contributed by atoms with Gasteiger partial charge in [0.15, 0.2) is 5.78 Å². The van der Waals surface area contributed by atoms with Crippen LogP contribution in [0.15, 0.2) is 11.3 Å². The molecule has 0 aromatic carbocycles. The van der Waals surface area contributed by atoms with Crippen LogP contribution in [0.4, 0.5) is 0 Å². The summed E-state index contributed by atoms with van der Waals surface area (Å²) in [5, 5.41) is 9.77. The summed E-state index contributed by atoms with van der Waals surface area (Å²) in [7, 11) is 0. The fourth-order valence-corrected chi connectivity index (χ4v) is 0.985. The monoisotopic (exact) mass is 214 g/mol. The molecule has 0 saturated heterocycles. The Morgan fingerprint density at radius 3 is 2.00 bits per heavy atom. The largest absolute Gasteiger partial charge is 0.511 e. The second-order valence-corrected chi connectivity index (χ2v) is 4.25. The number of allylic oxidation sites excluding steroid dienone is 1. The van der Waals surface area contributed by atoms with Crippen molar-refractivity contribution in [3.05, 3.63) is 11.3 Å². The Morgan fingerprint density at radius 1 is 1.27 bits per heavy atom. The number of aliphatic hydroxyl groups excluding tert-OH is 1. The quantitative estimate of drug-likeness (QED) is 0.256. The van der Waals surface area contributed by atoms with Crippen LogP contribution in [0.5, 0.6) is 0 Å². The van der Waals surface area contributed by atoms with Crippen LogP contribution in [0.2, 0.25) is 0 Å². The second kappa shape index (κ2) is 4.96. The molecule has 0 aliphatic rings. The van der Waals surface area contributed by atoms with Gasteiger partial charge in [0.25, 0.3) is 0 Å². The van der Waals surface area contributed by atoms with Crippen molar-refractivity contribution >= 4 is 11.8 Å². The van der Waals surface area contributed by atoms with Gasteiger partial charge in [0.2, 0.25) is 0 Å². The molecule has 0 heterocycles. The first-order chi connectivity index (χ1) is 6.71. The molecule has 0 bridgehead atoms. The Morgan fingerprint density at radius 2 is 1.73 bits per heavy atom. The number of aliphatic hydroxyl groups is 1. The molecule has 4 heteroatoms. The Kier molecular flexibility index (Phi) is 4.52. The molecule has 0 aliphatic heterocycles. The first-order valence-electron chi connectivity index (χ1n) is 4.83. The molecule has 15 heavy (non-hydrogen) atoms. The fraction of sp³-hybridized carbons (Fsp3) is 0.636. The van der Waals surface area contributed by atoms with Gasteiger partial charge in [0, 0.05) is 5.41 Å². The van der Waals surface area contributed by atoms with Crippen molar-refractivity contribution in [2.45, 2.75) is 34.6 Å². The Labute approximate surface area is 89.9 Å². The number of hydrogen-bond donors (Lipinski definition) is 1. The lowest BCUT2D eigenvalue weighted by Gasteiger charge is -2.19. The van der Waals surface area contributed by atoms with Gasteiger partial charge in [-0.2, -0.15) is 0 Å². The molecule has 0 radical (unpaired) electrons. The molecule has 0 aromatic rings. The number of ketones is 1. The normalized spacial score (nSPS) is 13.1. The number of rotatable bonds is 3. The van der Waals surface area contributed by atoms with Crippen LogP contribution < -0.4 is 0 Å². The number of ether oxygens (including phenoxy) is 1. The van der Waals surface area contributed by atoms with E-state index in [9.17, 15) is 14.7 Å². The summed E-state index contributed by atoms with van der Waals surface area (Å²) in [6.45, 7) is 8.19. The molecular weight excluding hydrogens is 196 g/mol. The maximum atomic E-state index is 11.4. The molecule has 0 aromatic heterocycles. The summed E-state index contributed by atoms with van der Waals surface area (Å²) in [6.07, 6.45) is 0. The third-order valence-electron chi connectivity index (χ3n) is 1.78. The highest BCUT2D eigenvalue weighted by Gasteiger charge is 2.28. The van der Waals surface area contributed by atoms with Crippen LogP contribution in [-0.2, 0) is 14.3 Å². The minimum atomic E-state index is -0.766. The van der Waals surface area contributed by atoms with Crippen molar-refractivity contribution < 1.29 is 19.4 Å². The lowest BCUT2D eigenvalue weighted by molar-refractivity contribution is -0.140. The highest BCUT2D eigenvalue weighted by molar-refractivity contribution is 6.16. The molecule has 4 nitrogen and oxygen atoms in total. The molecular formula is C11H18O4. The van der Waals surface area contributed by atoms with E-state index in [-0.39, 0.29) is 17.9 Å². The van der Waals surface area contributed by atoms with Gasteiger partial charge in [0.05, 0.1) is 6.61 Å². The van der Waals surface area contributed by atoms with Crippen molar-refractivity contribution in [3.8, 4) is 0 Å². The summed E-state index contributed by atoms with van der Waals surface area (Å²) >= 11 is 0. The fourth-order valence-electron chi connectivity index (χ4n) is 0.985. The predicted molar refractivity (Wildman–Crippen MR) is 56.4 cm³/mol. The van der Waals surface area contributed by atoms with Crippen LogP contribution in [0, 0.1) is 5.41 Å². The molecule has 0 aliphatic carbocycles. The predicted octanol–water partition coefficient (Wildman–Crippen LogP) is 2.00. The lowest BCUT2D eigenvalue weighted by atomic mass is 9.89. The minimum Gasteiger partial charge on any atom is -0.511 e. The maximum Gasteiger partial charge on any atom is 0.345 e. The maximum absolute atomic E-state index is 11.4. The van der Waals surface area contributed by atoms with E-state index in [2.05, 4.69) is 0 Å². The van der Waals surface area contributed by atoms with E-state index >= 15 is 0 Å². The molecule has 0 saturated carbocycles. The van der Waals surface area contributed by atoms with E-state index in [1.165, 1.54) is 6.92 Å². The first kappa shape index (κ1) is 13.7. The van der Waals surface area contributed by atoms with E-state index in [1.54, 1.807) is 27.7 Å². The smallest absolute Gasteiger partial charge is 0.345 e. The van der Waals surface area contributed by atoms with Gasteiger partial charge < -0.3 is 9.84 Å². The number of hydrogen-bond acceptors (Lipinski definition) is 4. The summed E-state index contributed by atoms with van der Waals surface area (Å²) < 4.78 is 4.70. The zero-order valence-corrected chi connectivity index (χ0v) is 9.88. The SMILES string of the molecule is CCOC(=O)/C(C(C)=O)=C(/O)C(C)(C)C. The lowest BCUT2D eigenvalue weighted by Crippen LogP contribution is -2.22. The number of esters is 1. The molecule has 0 spiro atoms. The van der Waals surface area contributed by atoms with E-state index in [4.69, 9.17) is 4.74 Å². The summed E-state index contributed by atoms with van der Waals surface area (Å²) in [5.41, 5.74) is -0.905. The van der Waals surface area contributed by atoms with Gasteiger partial charge in [-0.15, -0.1) is 0 Å². The van der Waals surface area contributed by atoms with E-state index in [0.717, 1.165) is 0 Å². The van der Waals surface area contributed by atoms with Gasteiger partial charge in [-0.05, 0) is 13.8 Å². The number of Topliss-reactive ketones (excluding diaryl/α,β-unsaturated/α-hetero) is 1. The van der Waals surface area contributed by atoms with E-state index in [0.29, 0.717) is 0 Å². The van der Waals surface area contributed by atoms with Crippen LogP contribution >= 0.6 is 0 Å². The molecule has 0 fully saturated rings. The van der Waals surface area contributed by atoms with E-state index < -0.39 is 17.2 Å². The topological polar surface area (TPSA) is 63.6 Å². The first-order valence-corrected chi connectivity index (χ1v) is 4.83. The van der Waals surface area contributed by atoms with Crippen molar-refractivity contribution in [2.75, 3.05) is 6.61 Å². The molecule has 0 atom stereocenters. The second-order valence-electron chi connectivity index (χ2n) is 4.25. The zero-order chi connectivity index (χ0) is 12.2. The van der Waals surface area contributed by atoms with Crippen molar-refractivity contribution in [2.24, 2.45) is 5.41 Å². The van der Waals surface area contributed by atoms with Gasteiger partial charge in [0.1, 0.15) is 11.3 Å². The highest BCUT2D eigenvalue weighted by atomic mass is 16.5. The van der Waals surface area contributed by atoms with Crippen molar-refractivity contribution in [3.63, 3.8) is 0 Å². The third-order valence-corrected chi connectivity index (χ3v) is 1.78. The molecule has 86 valence electrons. The van der Waals surface area contributed by atoms with Crippen LogP contribution in [-0.4, -0.2) is 23.5 Å². The Balaban J connectivity index is 5.31. The van der Waals surface area contributed by atoms with Gasteiger partial charge in [-0.25, -0.2) is 4.79 Å². The van der Waals surface area contributed by atoms with Gasteiger partial charge >= 0.3 is 5.97 Å². The van der Waals surface area contributed by atoms with Crippen LogP contribution in [0.3, 0.4) is 0 Å². The molecule has 1 N–H and O–H groups in total. The number of carbonyl (C=O) groups is 2. The van der Waals surface area contributed by atoms with Crippen molar-refractivity contribution in [1.82, 2.24) is 0 Å². The third kappa shape index (κ3) is 3.73. The summed E-state index contributed by atoms with van der Waals surface area (Å²) in [6, 6.07) is 0. The average molecular weight is 214 g/mol. The Hall–Kier alpha value is -1.32. The minimum absolute atomic E-state index is 0.174. The molecule has 0 amide bonds. The summed E-state index contributed by atoms with van der Waals surface area (Å²) in [5.74, 6) is -1.48. The van der Waals surface area contributed by atoms with Crippen LogP contribution in [0.1, 0.15) is 34.6 Å². The molecule has 0 rings (SSSR count). The number of carbonyl (C=O) groups excluding carboxylic acids is 2. The van der Waals surface area contributed by atoms with E-state index in [1.807, 2.05) is 0 Å². The molecule has 0 unspecified atom stereocenters. The van der Waals surface area contributed by atoms with Gasteiger partial charge in [-0.1, -0.05) is 20.8 Å². The summed E-state index contributed by atoms with van der Waals surface area (Å²) in [4.78, 5) is 22.6. The van der Waals surface area contributed by atoms with Crippen molar-refractivity contribution in [1.29, 1.82) is 0 Å². The van der Waals surface area contributed by atoms with Crippen LogP contribution in [0.25, 0.3) is 0 Å². The highest BCUT2D eigenvalue weighted by Crippen LogP contribution is 2.26. The average Bonchev–Trinajstić information content (AvgIpc) is 2.02. The Bertz CT molecular complexity index is 294.